The Labute approximate surface area is 183 Å². The molecule has 1 heterocycles. The lowest BCUT2D eigenvalue weighted by molar-refractivity contribution is 0.102. The summed E-state index contributed by atoms with van der Waals surface area (Å²) in [6.07, 6.45) is 10.8. The lowest BCUT2D eigenvalue weighted by Crippen LogP contribution is -2.16. The second-order valence-corrected chi connectivity index (χ2v) is 7.68. The number of hydrogen-bond donors (Lipinski definition) is 3. The third-order valence-electron chi connectivity index (χ3n) is 4.90. The van der Waals surface area contributed by atoms with E-state index in [0.717, 1.165) is 31.3 Å². The Balaban J connectivity index is 2.88. The van der Waals surface area contributed by atoms with Crippen molar-refractivity contribution in [1.82, 2.24) is 5.32 Å². The maximum atomic E-state index is 12.7. The molecule has 0 aliphatic carbocycles. The Kier molecular flexibility index (Phi) is 11.1. The highest BCUT2D eigenvalue weighted by molar-refractivity contribution is 6.09. The molecule has 1 atom stereocenters. The SMILES string of the molecule is CCCCC/C(C)=C/C=C(\C)C(=O)c1c(O)cc(C(C)CC/C=C/NC(=O)O)oc1=O. The Morgan fingerprint density at radius 2 is 1.94 bits per heavy atom. The van der Waals surface area contributed by atoms with Gasteiger partial charge in [0.1, 0.15) is 17.1 Å². The summed E-state index contributed by atoms with van der Waals surface area (Å²) in [6, 6.07) is 1.30. The number of rotatable bonds is 12. The smallest absolute Gasteiger partial charge is 0.408 e. The van der Waals surface area contributed by atoms with Crippen LogP contribution in [0.3, 0.4) is 0 Å². The molecule has 0 aliphatic rings. The van der Waals surface area contributed by atoms with E-state index in [9.17, 15) is 19.5 Å². The van der Waals surface area contributed by atoms with Crippen molar-refractivity contribution in [3.63, 3.8) is 0 Å². The van der Waals surface area contributed by atoms with E-state index in [1.54, 1.807) is 19.1 Å². The van der Waals surface area contributed by atoms with Gasteiger partial charge >= 0.3 is 11.7 Å². The number of nitrogens with one attached hydrogen (secondary N) is 1. The molecule has 0 spiro atoms. The van der Waals surface area contributed by atoms with E-state index in [1.807, 2.05) is 19.9 Å². The lowest BCUT2D eigenvalue weighted by Gasteiger charge is -2.11. The molecule has 0 saturated heterocycles. The first kappa shape index (κ1) is 25.9. The van der Waals surface area contributed by atoms with Crippen LogP contribution in [0.2, 0.25) is 0 Å². The van der Waals surface area contributed by atoms with Gasteiger partial charge in [0.05, 0.1) is 0 Å². The van der Waals surface area contributed by atoms with Gasteiger partial charge in [-0.15, -0.1) is 0 Å². The molecule has 31 heavy (non-hydrogen) atoms. The minimum atomic E-state index is -1.15. The molecule has 0 bridgehead atoms. The normalized spacial score (nSPS) is 13.4. The number of hydrogen-bond acceptors (Lipinski definition) is 5. The Morgan fingerprint density at radius 3 is 2.55 bits per heavy atom. The molecule has 7 heteroatoms. The molecule has 1 unspecified atom stereocenters. The maximum Gasteiger partial charge on any atom is 0.408 e. The number of unbranched alkanes of at least 4 members (excludes halogenated alkanes) is 2. The van der Waals surface area contributed by atoms with Gasteiger partial charge in [0.2, 0.25) is 0 Å². The minimum Gasteiger partial charge on any atom is -0.507 e. The molecule has 1 aromatic rings. The van der Waals surface area contributed by atoms with E-state index in [-0.39, 0.29) is 17.2 Å². The van der Waals surface area contributed by atoms with Crippen LogP contribution in [-0.4, -0.2) is 22.1 Å². The van der Waals surface area contributed by atoms with Gasteiger partial charge in [-0.05, 0) is 45.1 Å². The molecule has 1 rings (SSSR count). The van der Waals surface area contributed by atoms with Crippen LogP contribution < -0.4 is 10.9 Å². The Bertz CT molecular complexity index is 907. The standard InChI is InChI=1S/C24H33NO6/c1-5-6-7-10-16(2)12-13-18(4)22(27)21-19(26)15-20(31-23(21)28)17(3)11-8-9-14-25-24(29)30/h9,12-15,17,25-26H,5-8,10-11H2,1-4H3,(H,29,30)/b14-9+,16-12+,18-13+. The predicted molar refractivity (Wildman–Crippen MR) is 121 cm³/mol. The van der Waals surface area contributed by atoms with Crippen molar-refractivity contribution < 1.29 is 24.2 Å². The third-order valence-corrected chi connectivity index (χ3v) is 4.90. The van der Waals surface area contributed by atoms with Crippen molar-refractivity contribution in [2.75, 3.05) is 0 Å². The molecule has 0 aliphatic heterocycles. The van der Waals surface area contributed by atoms with Gasteiger partial charge in [-0.1, -0.05) is 50.5 Å². The number of allylic oxidation sites excluding steroid dienone is 5. The monoisotopic (exact) mass is 431 g/mol. The van der Waals surface area contributed by atoms with E-state index < -0.39 is 23.3 Å². The van der Waals surface area contributed by atoms with E-state index >= 15 is 0 Å². The summed E-state index contributed by atoms with van der Waals surface area (Å²) in [5.41, 5.74) is 0.251. The number of carbonyl (C=O) groups is 2. The van der Waals surface area contributed by atoms with Crippen molar-refractivity contribution in [1.29, 1.82) is 0 Å². The van der Waals surface area contributed by atoms with Gasteiger partial charge in [-0.2, -0.15) is 0 Å². The summed E-state index contributed by atoms with van der Waals surface area (Å²) in [5, 5.41) is 20.9. The van der Waals surface area contributed by atoms with Crippen molar-refractivity contribution >= 4 is 11.9 Å². The van der Waals surface area contributed by atoms with Crippen molar-refractivity contribution in [3.8, 4) is 5.75 Å². The minimum absolute atomic E-state index is 0.206. The van der Waals surface area contributed by atoms with Gasteiger partial charge in [0.15, 0.2) is 5.78 Å². The van der Waals surface area contributed by atoms with E-state index in [1.165, 1.54) is 12.3 Å². The first-order chi connectivity index (χ1) is 14.7. The van der Waals surface area contributed by atoms with Crippen molar-refractivity contribution in [3.05, 3.63) is 63.4 Å². The van der Waals surface area contributed by atoms with Crippen LogP contribution in [0.15, 0.2) is 50.9 Å². The molecular weight excluding hydrogens is 398 g/mol. The molecular formula is C24H33NO6. The van der Waals surface area contributed by atoms with E-state index in [0.29, 0.717) is 18.4 Å². The molecule has 3 N–H and O–H groups in total. The first-order valence-electron chi connectivity index (χ1n) is 10.6. The highest BCUT2D eigenvalue weighted by atomic mass is 16.4. The Hall–Kier alpha value is -3.09. The molecule has 0 saturated carbocycles. The predicted octanol–water partition coefficient (Wildman–Crippen LogP) is 5.67. The number of carbonyl (C=O) groups excluding carboxylic acids is 1. The summed E-state index contributed by atoms with van der Waals surface area (Å²) >= 11 is 0. The van der Waals surface area contributed by atoms with Crippen LogP contribution in [-0.2, 0) is 0 Å². The largest absolute Gasteiger partial charge is 0.507 e. The van der Waals surface area contributed by atoms with Gasteiger partial charge in [-0.3, -0.25) is 10.1 Å². The molecule has 7 nitrogen and oxygen atoms in total. The number of Topliss-reactive ketones (excluding diaryl/α,β-unsaturated/α-hetero) is 1. The number of amides is 1. The van der Waals surface area contributed by atoms with Gasteiger partial charge < -0.3 is 14.6 Å². The van der Waals surface area contributed by atoms with Crippen LogP contribution in [0, 0.1) is 0 Å². The second kappa shape index (κ2) is 13.3. The van der Waals surface area contributed by atoms with Crippen molar-refractivity contribution in [2.24, 2.45) is 0 Å². The number of carboxylic acid groups (broad SMARTS) is 1. The van der Waals surface area contributed by atoms with Gasteiger partial charge in [0.25, 0.3) is 0 Å². The Morgan fingerprint density at radius 1 is 1.23 bits per heavy atom. The molecule has 0 radical (unpaired) electrons. The van der Waals surface area contributed by atoms with Crippen LogP contribution >= 0.6 is 0 Å². The molecule has 1 aromatic heterocycles. The topological polar surface area (TPSA) is 117 Å². The lowest BCUT2D eigenvalue weighted by atomic mass is 9.99. The summed E-state index contributed by atoms with van der Waals surface area (Å²) in [4.78, 5) is 35.4. The van der Waals surface area contributed by atoms with Crippen LogP contribution in [0.4, 0.5) is 4.79 Å². The molecule has 170 valence electrons. The highest BCUT2D eigenvalue weighted by Gasteiger charge is 2.21. The zero-order valence-corrected chi connectivity index (χ0v) is 18.7. The molecule has 1 amide bonds. The summed E-state index contributed by atoms with van der Waals surface area (Å²) in [6.45, 7) is 7.56. The van der Waals surface area contributed by atoms with Crippen LogP contribution in [0.5, 0.6) is 5.75 Å². The van der Waals surface area contributed by atoms with Crippen molar-refractivity contribution in [2.45, 2.75) is 72.1 Å². The van der Waals surface area contributed by atoms with Gasteiger partial charge in [-0.25, -0.2) is 9.59 Å². The number of aromatic hydroxyl groups is 1. The maximum absolute atomic E-state index is 12.7. The fourth-order valence-electron chi connectivity index (χ4n) is 2.93. The third kappa shape index (κ3) is 9.07. The quantitative estimate of drug-likeness (QED) is 0.170. The second-order valence-electron chi connectivity index (χ2n) is 7.68. The fourth-order valence-corrected chi connectivity index (χ4v) is 2.93. The van der Waals surface area contributed by atoms with Gasteiger partial charge in [0, 0.05) is 18.2 Å². The number of ketones is 1. The average Bonchev–Trinajstić information content (AvgIpc) is 2.70. The summed E-state index contributed by atoms with van der Waals surface area (Å²) in [5.74, 6) is -0.900. The van der Waals surface area contributed by atoms with E-state index in [2.05, 4.69) is 12.2 Å². The zero-order chi connectivity index (χ0) is 23.4. The first-order valence-corrected chi connectivity index (χ1v) is 10.6. The highest BCUT2D eigenvalue weighted by Crippen LogP contribution is 2.26. The summed E-state index contributed by atoms with van der Waals surface area (Å²) in [7, 11) is 0. The molecule has 0 aromatic carbocycles. The fraction of sp³-hybridized carbons (Fsp3) is 0.458. The average molecular weight is 432 g/mol. The van der Waals surface area contributed by atoms with Crippen LogP contribution in [0.25, 0.3) is 0 Å². The van der Waals surface area contributed by atoms with E-state index in [4.69, 9.17) is 9.52 Å². The summed E-state index contributed by atoms with van der Waals surface area (Å²) < 4.78 is 5.30. The van der Waals surface area contributed by atoms with Crippen LogP contribution in [0.1, 0.15) is 88.3 Å². The molecule has 0 fully saturated rings. The zero-order valence-electron chi connectivity index (χ0n) is 18.7.